The van der Waals surface area contributed by atoms with Crippen molar-refractivity contribution < 1.29 is 9.47 Å². The molecular formula is C14H15N3O2. The molecule has 0 saturated heterocycles. The van der Waals surface area contributed by atoms with E-state index in [0.717, 1.165) is 37.6 Å². The van der Waals surface area contributed by atoms with Gasteiger partial charge in [0.15, 0.2) is 11.5 Å². The Balaban J connectivity index is 1.63. The Hall–Kier alpha value is -2.01. The van der Waals surface area contributed by atoms with E-state index in [1.807, 2.05) is 12.4 Å². The minimum atomic E-state index is 0.324. The minimum Gasteiger partial charge on any atom is -0.454 e. The van der Waals surface area contributed by atoms with Gasteiger partial charge in [-0.2, -0.15) is 0 Å². The maximum absolute atomic E-state index is 5.41. The largest absolute Gasteiger partial charge is 0.454 e. The summed E-state index contributed by atoms with van der Waals surface area (Å²) in [5.74, 6) is 1.67. The highest BCUT2D eigenvalue weighted by atomic mass is 16.7. The van der Waals surface area contributed by atoms with Crippen molar-refractivity contribution in [2.24, 2.45) is 0 Å². The Bertz CT molecular complexity index is 621. The van der Waals surface area contributed by atoms with Gasteiger partial charge in [-0.25, -0.2) is 4.98 Å². The molecule has 5 heteroatoms. The van der Waals surface area contributed by atoms with Crippen molar-refractivity contribution in [3.8, 4) is 11.5 Å². The van der Waals surface area contributed by atoms with Gasteiger partial charge in [0, 0.05) is 31.7 Å². The molecule has 0 unspecified atom stereocenters. The van der Waals surface area contributed by atoms with Crippen molar-refractivity contribution in [1.82, 2.24) is 14.9 Å². The Morgan fingerprint density at radius 1 is 1.26 bits per heavy atom. The lowest BCUT2D eigenvalue weighted by molar-refractivity contribution is 0.174. The highest BCUT2D eigenvalue weighted by Gasteiger charge is 2.16. The summed E-state index contributed by atoms with van der Waals surface area (Å²) in [6, 6.07) is 6.11. The molecule has 0 aliphatic carbocycles. The topological polar surface area (TPSA) is 48.3 Å². The van der Waals surface area contributed by atoms with E-state index >= 15 is 0 Å². The molecule has 2 aliphatic heterocycles. The summed E-state index contributed by atoms with van der Waals surface area (Å²) < 4.78 is 13.0. The first-order valence-electron chi connectivity index (χ1n) is 6.52. The van der Waals surface area contributed by atoms with Crippen LogP contribution < -0.4 is 14.8 Å². The highest BCUT2D eigenvalue weighted by Crippen LogP contribution is 2.32. The fourth-order valence-electron chi connectivity index (χ4n) is 2.67. The van der Waals surface area contributed by atoms with Crippen LogP contribution >= 0.6 is 0 Å². The number of imidazole rings is 1. The first-order valence-corrected chi connectivity index (χ1v) is 6.52. The van der Waals surface area contributed by atoms with E-state index in [4.69, 9.17) is 9.47 Å². The van der Waals surface area contributed by atoms with Crippen molar-refractivity contribution >= 4 is 0 Å². The molecule has 1 N–H and O–H groups in total. The van der Waals surface area contributed by atoms with Crippen LogP contribution in [-0.2, 0) is 19.5 Å². The van der Waals surface area contributed by atoms with Crippen LogP contribution in [0.15, 0.2) is 24.5 Å². The van der Waals surface area contributed by atoms with E-state index in [2.05, 4.69) is 27.0 Å². The van der Waals surface area contributed by atoms with Crippen LogP contribution in [0.25, 0.3) is 0 Å². The van der Waals surface area contributed by atoms with Gasteiger partial charge in [0.2, 0.25) is 6.79 Å². The van der Waals surface area contributed by atoms with Gasteiger partial charge >= 0.3 is 0 Å². The molecule has 0 spiro atoms. The molecule has 0 saturated carbocycles. The molecule has 19 heavy (non-hydrogen) atoms. The van der Waals surface area contributed by atoms with Crippen molar-refractivity contribution in [2.75, 3.05) is 13.3 Å². The average Bonchev–Trinajstić information content (AvgIpc) is 3.06. The second-order valence-corrected chi connectivity index (χ2v) is 4.88. The van der Waals surface area contributed by atoms with E-state index in [-0.39, 0.29) is 0 Å². The number of benzene rings is 1. The molecule has 4 rings (SSSR count). The fourth-order valence-corrected chi connectivity index (χ4v) is 2.67. The number of rotatable bonds is 2. The van der Waals surface area contributed by atoms with Gasteiger partial charge in [0.05, 0.1) is 12.0 Å². The van der Waals surface area contributed by atoms with Crippen molar-refractivity contribution in [2.45, 2.75) is 19.5 Å². The summed E-state index contributed by atoms with van der Waals surface area (Å²) in [4.78, 5) is 4.47. The predicted octanol–water partition coefficient (Wildman–Crippen LogP) is 1.31. The Morgan fingerprint density at radius 2 is 2.21 bits per heavy atom. The van der Waals surface area contributed by atoms with E-state index in [1.54, 1.807) is 0 Å². The van der Waals surface area contributed by atoms with Crippen molar-refractivity contribution in [1.29, 1.82) is 0 Å². The lowest BCUT2D eigenvalue weighted by atomic mass is 10.1. The molecule has 1 aromatic carbocycles. The van der Waals surface area contributed by atoms with Gasteiger partial charge in [-0.3, -0.25) is 0 Å². The second-order valence-electron chi connectivity index (χ2n) is 4.88. The van der Waals surface area contributed by atoms with Gasteiger partial charge in [-0.1, -0.05) is 6.07 Å². The zero-order valence-electron chi connectivity index (χ0n) is 10.6. The molecule has 2 aliphatic rings. The second kappa shape index (κ2) is 4.28. The van der Waals surface area contributed by atoms with E-state index in [9.17, 15) is 0 Å². The summed E-state index contributed by atoms with van der Waals surface area (Å²) in [7, 11) is 0. The third kappa shape index (κ3) is 1.86. The van der Waals surface area contributed by atoms with Crippen LogP contribution in [0, 0.1) is 0 Å². The SMILES string of the molecule is c1cc2c(cc1Cn1cnc3c1CCNC3)OCO2. The number of hydrogen-bond acceptors (Lipinski definition) is 4. The lowest BCUT2D eigenvalue weighted by Gasteiger charge is -2.15. The van der Waals surface area contributed by atoms with E-state index < -0.39 is 0 Å². The molecule has 0 radical (unpaired) electrons. The predicted molar refractivity (Wildman–Crippen MR) is 69.3 cm³/mol. The molecule has 0 amide bonds. The normalized spacial score (nSPS) is 16.4. The summed E-state index contributed by atoms with van der Waals surface area (Å²) in [5, 5.41) is 3.34. The van der Waals surface area contributed by atoms with Crippen LogP contribution in [0.3, 0.4) is 0 Å². The zero-order valence-corrected chi connectivity index (χ0v) is 10.6. The molecule has 5 nitrogen and oxygen atoms in total. The number of nitrogens with zero attached hydrogens (tertiary/aromatic N) is 2. The fraction of sp³-hybridized carbons (Fsp3) is 0.357. The number of fused-ring (bicyclic) bond motifs is 2. The third-order valence-electron chi connectivity index (χ3n) is 3.65. The molecule has 3 heterocycles. The van der Waals surface area contributed by atoms with Crippen molar-refractivity contribution in [3.05, 3.63) is 41.5 Å². The Morgan fingerprint density at radius 3 is 3.21 bits per heavy atom. The van der Waals surface area contributed by atoms with Crippen LogP contribution in [0.4, 0.5) is 0 Å². The molecule has 0 fully saturated rings. The first kappa shape index (κ1) is 10.9. The zero-order chi connectivity index (χ0) is 12.7. The molecular weight excluding hydrogens is 242 g/mol. The number of aromatic nitrogens is 2. The average molecular weight is 257 g/mol. The van der Waals surface area contributed by atoms with Crippen LogP contribution in [0.5, 0.6) is 11.5 Å². The van der Waals surface area contributed by atoms with E-state index in [1.165, 1.54) is 17.0 Å². The molecule has 2 aromatic rings. The van der Waals surface area contributed by atoms with Crippen LogP contribution in [0.2, 0.25) is 0 Å². The Labute approximate surface area is 111 Å². The smallest absolute Gasteiger partial charge is 0.231 e. The summed E-state index contributed by atoms with van der Waals surface area (Å²) in [6.07, 6.45) is 2.97. The van der Waals surface area contributed by atoms with Gasteiger partial charge in [-0.05, 0) is 17.7 Å². The number of ether oxygens (including phenoxy) is 2. The summed E-state index contributed by atoms with van der Waals surface area (Å²) >= 11 is 0. The maximum Gasteiger partial charge on any atom is 0.231 e. The van der Waals surface area contributed by atoms with Crippen molar-refractivity contribution in [3.63, 3.8) is 0 Å². The minimum absolute atomic E-state index is 0.324. The highest BCUT2D eigenvalue weighted by molar-refractivity contribution is 5.44. The quantitative estimate of drug-likeness (QED) is 0.881. The lowest BCUT2D eigenvalue weighted by Crippen LogP contribution is -2.25. The number of nitrogens with one attached hydrogen (secondary N) is 1. The monoisotopic (exact) mass is 257 g/mol. The standard InChI is InChI=1S/C14H15N3O2/c1-2-13-14(19-9-18-13)5-10(1)7-17-8-16-11-6-15-4-3-12(11)17/h1-2,5,8,15H,3-4,6-7,9H2. The van der Waals surface area contributed by atoms with Gasteiger partial charge in [-0.15, -0.1) is 0 Å². The molecule has 98 valence electrons. The summed E-state index contributed by atoms with van der Waals surface area (Å²) in [6.45, 7) is 3.06. The Kier molecular flexibility index (Phi) is 2.45. The van der Waals surface area contributed by atoms with Gasteiger partial charge in [0.1, 0.15) is 0 Å². The third-order valence-corrected chi connectivity index (χ3v) is 3.65. The molecule has 0 atom stereocenters. The molecule has 1 aromatic heterocycles. The maximum atomic E-state index is 5.41. The van der Waals surface area contributed by atoms with Crippen LogP contribution in [0.1, 0.15) is 17.0 Å². The number of hydrogen-bond donors (Lipinski definition) is 1. The van der Waals surface area contributed by atoms with Gasteiger partial charge < -0.3 is 19.4 Å². The molecule has 0 bridgehead atoms. The first-order chi connectivity index (χ1) is 9.40. The van der Waals surface area contributed by atoms with Crippen LogP contribution in [-0.4, -0.2) is 22.9 Å². The van der Waals surface area contributed by atoms with Gasteiger partial charge in [0.25, 0.3) is 0 Å². The van der Waals surface area contributed by atoms with E-state index in [0.29, 0.717) is 6.79 Å². The summed E-state index contributed by atoms with van der Waals surface area (Å²) in [5.41, 5.74) is 3.73.